The van der Waals surface area contributed by atoms with Crippen LogP contribution in [-0.4, -0.2) is 10.1 Å². The Labute approximate surface area is 93.3 Å². The van der Waals surface area contributed by atoms with Crippen molar-refractivity contribution in [2.24, 2.45) is 5.73 Å². The molecule has 0 aliphatic rings. The van der Waals surface area contributed by atoms with E-state index in [-0.39, 0.29) is 6.04 Å². The first kappa shape index (κ1) is 9.82. The molecule has 0 aromatic carbocycles. The zero-order valence-corrected chi connectivity index (χ0v) is 9.80. The summed E-state index contributed by atoms with van der Waals surface area (Å²) in [6.07, 6.45) is 0. The number of nitrogens with zero attached hydrogens (tertiary/aromatic N) is 2. The van der Waals surface area contributed by atoms with Gasteiger partial charge in [0, 0.05) is 9.85 Å². The van der Waals surface area contributed by atoms with E-state index < -0.39 is 0 Å². The molecule has 0 fully saturated rings. The van der Waals surface area contributed by atoms with Crippen LogP contribution >= 0.6 is 27.3 Å². The molecule has 2 heterocycles. The van der Waals surface area contributed by atoms with E-state index in [0.717, 1.165) is 9.35 Å². The van der Waals surface area contributed by atoms with Gasteiger partial charge >= 0.3 is 0 Å². The summed E-state index contributed by atoms with van der Waals surface area (Å²) in [4.78, 5) is 5.15. The summed E-state index contributed by atoms with van der Waals surface area (Å²) < 4.78 is 6.01. The molecule has 2 N–H and O–H groups in total. The van der Waals surface area contributed by atoms with Gasteiger partial charge in [-0.25, -0.2) is 0 Å². The molecule has 6 heteroatoms. The molecule has 1 atom stereocenters. The van der Waals surface area contributed by atoms with E-state index in [0.29, 0.717) is 11.7 Å². The highest BCUT2D eigenvalue weighted by Crippen LogP contribution is 2.28. The third-order valence-electron chi connectivity index (χ3n) is 1.62. The third-order valence-corrected chi connectivity index (χ3v) is 3.31. The van der Waals surface area contributed by atoms with Crippen LogP contribution in [0.15, 0.2) is 20.4 Å². The standard InChI is InChI=1S/C8H8BrN3OS/c1-4(10)8-11-7(12-13-8)6-2-5(9)3-14-6/h2-4H,10H2,1H3. The largest absolute Gasteiger partial charge is 0.337 e. The maximum atomic E-state index is 5.61. The second-order valence-corrected chi connectivity index (χ2v) is 4.70. The van der Waals surface area contributed by atoms with E-state index in [1.54, 1.807) is 11.3 Å². The molecule has 0 radical (unpaired) electrons. The van der Waals surface area contributed by atoms with E-state index in [2.05, 4.69) is 26.1 Å². The number of halogens is 1. The van der Waals surface area contributed by atoms with Gasteiger partial charge in [-0.1, -0.05) is 5.16 Å². The van der Waals surface area contributed by atoms with Crippen LogP contribution in [0, 0.1) is 0 Å². The first-order valence-electron chi connectivity index (χ1n) is 4.00. The molecule has 2 aromatic heterocycles. The molecule has 2 aromatic rings. The molecule has 0 aliphatic heterocycles. The fourth-order valence-electron chi connectivity index (χ4n) is 0.951. The molecular weight excluding hydrogens is 266 g/mol. The van der Waals surface area contributed by atoms with Crippen LogP contribution in [0.25, 0.3) is 10.7 Å². The molecule has 1 unspecified atom stereocenters. The minimum absolute atomic E-state index is 0.223. The molecule has 2 rings (SSSR count). The molecule has 0 bridgehead atoms. The van der Waals surface area contributed by atoms with Crippen molar-refractivity contribution in [3.8, 4) is 10.7 Å². The summed E-state index contributed by atoms with van der Waals surface area (Å²) in [6, 6.07) is 1.72. The van der Waals surface area contributed by atoms with Crippen LogP contribution in [0.2, 0.25) is 0 Å². The van der Waals surface area contributed by atoms with Crippen molar-refractivity contribution in [3.63, 3.8) is 0 Å². The minimum Gasteiger partial charge on any atom is -0.337 e. The Morgan fingerprint density at radius 2 is 2.43 bits per heavy atom. The Morgan fingerprint density at radius 3 is 2.93 bits per heavy atom. The van der Waals surface area contributed by atoms with Gasteiger partial charge in [-0.15, -0.1) is 11.3 Å². The first-order valence-corrected chi connectivity index (χ1v) is 5.67. The Hall–Kier alpha value is -0.720. The third kappa shape index (κ3) is 1.87. The SMILES string of the molecule is CC(N)c1nc(-c2cc(Br)cs2)no1. The summed E-state index contributed by atoms with van der Waals surface area (Å²) in [7, 11) is 0. The second-order valence-electron chi connectivity index (χ2n) is 2.87. The van der Waals surface area contributed by atoms with Gasteiger partial charge in [-0.05, 0) is 28.9 Å². The van der Waals surface area contributed by atoms with Crippen LogP contribution in [-0.2, 0) is 0 Å². The van der Waals surface area contributed by atoms with Crippen molar-refractivity contribution in [2.45, 2.75) is 13.0 Å². The summed E-state index contributed by atoms with van der Waals surface area (Å²) >= 11 is 4.92. The Kier molecular flexibility index (Phi) is 2.66. The molecule has 0 saturated carbocycles. The highest BCUT2D eigenvalue weighted by molar-refractivity contribution is 9.10. The number of hydrogen-bond donors (Lipinski definition) is 1. The van der Waals surface area contributed by atoms with E-state index in [1.165, 1.54) is 0 Å². The molecule has 0 aliphatic carbocycles. The molecule has 14 heavy (non-hydrogen) atoms. The van der Waals surface area contributed by atoms with Gasteiger partial charge in [-0.3, -0.25) is 0 Å². The highest BCUT2D eigenvalue weighted by Gasteiger charge is 2.12. The van der Waals surface area contributed by atoms with E-state index in [4.69, 9.17) is 10.3 Å². The Bertz CT molecular complexity index is 437. The maximum absolute atomic E-state index is 5.61. The predicted octanol–water partition coefficient (Wildman–Crippen LogP) is 2.58. The molecule has 74 valence electrons. The molecule has 0 amide bonds. The van der Waals surface area contributed by atoms with Crippen molar-refractivity contribution >= 4 is 27.3 Å². The van der Waals surface area contributed by atoms with Crippen LogP contribution in [0.1, 0.15) is 18.9 Å². The van der Waals surface area contributed by atoms with Crippen LogP contribution < -0.4 is 5.73 Å². The molecule has 4 nitrogen and oxygen atoms in total. The van der Waals surface area contributed by atoms with Gasteiger partial charge in [0.05, 0.1) is 10.9 Å². The van der Waals surface area contributed by atoms with Gasteiger partial charge in [0.25, 0.3) is 0 Å². The van der Waals surface area contributed by atoms with Crippen molar-refractivity contribution < 1.29 is 4.52 Å². The van der Waals surface area contributed by atoms with Crippen molar-refractivity contribution in [1.82, 2.24) is 10.1 Å². The predicted molar refractivity (Wildman–Crippen MR) is 57.9 cm³/mol. The second kappa shape index (κ2) is 3.80. The van der Waals surface area contributed by atoms with Crippen molar-refractivity contribution in [1.29, 1.82) is 0 Å². The van der Waals surface area contributed by atoms with Crippen LogP contribution in [0.4, 0.5) is 0 Å². The van der Waals surface area contributed by atoms with Gasteiger partial charge in [0.15, 0.2) is 0 Å². The van der Waals surface area contributed by atoms with Gasteiger partial charge in [-0.2, -0.15) is 4.98 Å². The van der Waals surface area contributed by atoms with Crippen LogP contribution in [0.3, 0.4) is 0 Å². The molecule has 0 saturated heterocycles. The number of hydrogen-bond acceptors (Lipinski definition) is 5. The van der Waals surface area contributed by atoms with Crippen molar-refractivity contribution in [3.05, 3.63) is 21.8 Å². The topological polar surface area (TPSA) is 64.9 Å². The smallest absolute Gasteiger partial charge is 0.243 e. The number of rotatable bonds is 2. The Balaban J connectivity index is 2.33. The normalized spacial score (nSPS) is 13.1. The molecule has 0 spiro atoms. The fourth-order valence-corrected chi connectivity index (χ4v) is 2.30. The Morgan fingerprint density at radius 1 is 1.64 bits per heavy atom. The highest BCUT2D eigenvalue weighted by atomic mass is 79.9. The summed E-state index contributed by atoms with van der Waals surface area (Å²) in [6.45, 7) is 1.81. The van der Waals surface area contributed by atoms with Crippen LogP contribution in [0.5, 0.6) is 0 Å². The lowest BCUT2D eigenvalue weighted by atomic mass is 10.4. The molecular formula is C8H8BrN3OS. The van der Waals surface area contributed by atoms with E-state index in [9.17, 15) is 0 Å². The van der Waals surface area contributed by atoms with E-state index >= 15 is 0 Å². The lowest BCUT2D eigenvalue weighted by Crippen LogP contribution is -2.04. The summed E-state index contributed by atoms with van der Waals surface area (Å²) in [5.41, 5.74) is 5.61. The maximum Gasteiger partial charge on any atom is 0.243 e. The zero-order chi connectivity index (χ0) is 10.1. The van der Waals surface area contributed by atoms with Gasteiger partial charge < -0.3 is 10.3 Å². The van der Waals surface area contributed by atoms with Crippen molar-refractivity contribution in [2.75, 3.05) is 0 Å². The lowest BCUT2D eigenvalue weighted by Gasteiger charge is -1.92. The number of aromatic nitrogens is 2. The summed E-state index contributed by atoms with van der Waals surface area (Å²) in [5.74, 6) is 1.05. The quantitative estimate of drug-likeness (QED) is 0.914. The van der Waals surface area contributed by atoms with Gasteiger partial charge in [0.2, 0.25) is 11.7 Å². The number of thiophene rings is 1. The van der Waals surface area contributed by atoms with E-state index in [1.807, 2.05) is 18.4 Å². The summed E-state index contributed by atoms with van der Waals surface area (Å²) in [5, 5.41) is 5.81. The minimum atomic E-state index is -0.223. The fraction of sp³-hybridized carbons (Fsp3) is 0.250. The average Bonchev–Trinajstić information content (AvgIpc) is 2.70. The number of nitrogens with two attached hydrogens (primary N) is 1. The first-order chi connectivity index (χ1) is 6.66. The zero-order valence-electron chi connectivity index (χ0n) is 7.40. The average molecular weight is 274 g/mol. The monoisotopic (exact) mass is 273 g/mol. The lowest BCUT2D eigenvalue weighted by molar-refractivity contribution is 0.362. The van der Waals surface area contributed by atoms with Gasteiger partial charge in [0.1, 0.15) is 0 Å².